The van der Waals surface area contributed by atoms with Gasteiger partial charge in [0.1, 0.15) is 5.69 Å². The maximum absolute atomic E-state index is 13.6. The molecule has 4 nitrogen and oxygen atoms in total. The molecule has 0 spiro atoms. The lowest BCUT2D eigenvalue weighted by atomic mass is 9.78. The summed E-state index contributed by atoms with van der Waals surface area (Å²) in [6.45, 7) is 3.72. The van der Waals surface area contributed by atoms with Crippen LogP contribution in [0.1, 0.15) is 40.3 Å². The highest BCUT2D eigenvalue weighted by molar-refractivity contribution is 9.10. The van der Waals surface area contributed by atoms with E-state index in [-0.39, 0.29) is 11.7 Å². The number of pyridine rings is 1. The SMILES string of the molecule is CC1(C)C=C2c3c(nc4ccc(Br)cc4c3C(=O)N2c2ccc(Br)cc2)C1=O. The van der Waals surface area contributed by atoms with Crippen molar-refractivity contribution in [1.29, 1.82) is 0 Å². The molecule has 0 bridgehead atoms. The summed E-state index contributed by atoms with van der Waals surface area (Å²) >= 11 is 6.92. The molecule has 2 aromatic carbocycles. The van der Waals surface area contributed by atoms with E-state index in [0.717, 1.165) is 25.7 Å². The van der Waals surface area contributed by atoms with E-state index in [9.17, 15) is 9.59 Å². The molecule has 6 heteroatoms. The molecule has 0 fully saturated rings. The summed E-state index contributed by atoms with van der Waals surface area (Å²) in [5.41, 5.74) is 2.95. The number of fused-ring (bicyclic) bond motifs is 2. The maximum Gasteiger partial charge on any atom is 0.264 e. The number of aromatic nitrogens is 1. The fourth-order valence-corrected chi connectivity index (χ4v) is 4.53. The Morgan fingerprint density at radius 3 is 2.32 bits per heavy atom. The first-order chi connectivity index (χ1) is 13.3. The molecule has 28 heavy (non-hydrogen) atoms. The number of hydrogen-bond donors (Lipinski definition) is 0. The van der Waals surface area contributed by atoms with Crippen LogP contribution < -0.4 is 4.90 Å². The molecule has 138 valence electrons. The predicted octanol–water partition coefficient (Wildman–Crippen LogP) is 5.98. The molecule has 3 aromatic rings. The topological polar surface area (TPSA) is 50.3 Å². The van der Waals surface area contributed by atoms with Crippen LogP contribution in [-0.4, -0.2) is 16.7 Å². The zero-order valence-electron chi connectivity index (χ0n) is 15.1. The Kier molecular flexibility index (Phi) is 3.71. The number of hydrogen-bond acceptors (Lipinski definition) is 3. The zero-order chi connectivity index (χ0) is 19.8. The minimum absolute atomic E-state index is 0.0669. The van der Waals surface area contributed by atoms with Crippen LogP contribution >= 0.6 is 31.9 Å². The zero-order valence-corrected chi connectivity index (χ0v) is 18.3. The highest BCUT2D eigenvalue weighted by atomic mass is 79.9. The van der Waals surface area contributed by atoms with Gasteiger partial charge in [-0.1, -0.05) is 31.9 Å². The molecule has 0 saturated heterocycles. The number of Topliss-reactive ketones (excluding diaryl/α,β-unsaturated/α-hetero) is 1. The predicted molar refractivity (Wildman–Crippen MR) is 116 cm³/mol. The van der Waals surface area contributed by atoms with Gasteiger partial charge in [0, 0.05) is 31.0 Å². The van der Waals surface area contributed by atoms with Crippen molar-refractivity contribution in [2.24, 2.45) is 5.41 Å². The van der Waals surface area contributed by atoms with E-state index in [2.05, 4.69) is 36.8 Å². The summed E-state index contributed by atoms with van der Waals surface area (Å²) in [6.07, 6.45) is 1.89. The lowest BCUT2D eigenvalue weighted by Crippen LogP contribution is -2.30. The van der Waals surface area contributed by atoms with Gasteiger partial charge in [0.05, 0.1) is 16.8 Å². The summed E-state index contributed by atoms with van der Waals surface area (Å²) in [4.78, 5) is 33.1. The van der Waals surface area contributed by atoms with Crippen molar-refractivity contribution < 1.29 is 9.59 Å². The van der Waals surface area contributed by atoms with Crippen molar-refractivity contribution in [2.75, 3.05) is 4.90 Å². The summed E-state index contributed by atoms with van der Waals surface area (Å²) in [7, 11) is 0. The molecular formula is C22H14Br2N2O2. The van der Waals surface area contributed by atoms with Crippen molar-refractivity contribution in [3.05, 3.63) is 74.3 Å². The van der Waals surface area contributed by atoms with Gasteiger partial charge in [0.15, 0.2) is 5.78 Å². The highest BCUT2D eigenvalue weighted by Crippen LogP contribution is 2.47. The molecule has 0 N–H and O–H groups in total. The smallest absolute Gasteiger partial charge is 0.264 e. The first-order valence-corrected chi connectivity index (χ1v) is 10.4. The van der Waals surface area contributed by atoms with Gasteiger partial charge in [-0.05, 0) is 62.4 Å². The Morgan fingerprint density at radius 2 is 1.61 bits per heavy atom. The van der Waals surface area contributed by atoms with E-state index in [0.29, 0.717) is 22.3 Å². The van der Waals surface area contributed by atoms with Gasteiger partial charge in [-0.2, -0.15) is 0 Å². The third-order valence-corrected chi connectivity index (χ3v) is 6.27. The van der Waals surface area contributed by atoms with Crippen LogP contribution in [0.3, 0.4) is 0 Å². The quantitative estimate of drug-likeness (QED) is 0.415. The summed E-state index contributed by atoms with van der Waals surface area (Å²) in [5, 5.41) is 0.746. The van der Waals surface area contributed by atoms with E-state index >= 15 is 0 Å². The average Bonchev–Trinajstić information content (AvgIpc) is 2.93. The highest BCUT2D eigenvalue weighted by Gasteiger charge is 2.45. The number of rotatable bonds is 1. The molecule has 0 atom stereocenters. The molecule has 2 heterocycles. The number of carbonyl (C=O) groups is 2. The summed E-state index contributed by atoms with van der Waals surface area (Å²) in [5.74, 6) is -0.205. The van der Waals surface area contributed by atoms with Gasteiger partial charge in [-0.15, -0.1) is 0 Å². The third-order valence-electron chi connectivity index (χ3n) is 5.24. The Labute approximate surface area is 178 Å². The molecule has 0 radical (unpaired) electrons. The van der Waals surface area contributed by atoms with Gasteiger partial charge in [-0.3, -0.25) is 14.5 Å². The lowest BCUT2D eigenvalue weighted by molar-refractivity contribution is 0.0877. The van der Waals surface area contributed by atoms with E-state index < -0.39 is 5.41 Å². The standard InChI is InChI=1S/C22H14Br2N2O2/c1-22(2)10-16-18-17(21(28)26(16)13-6-3-11(23)4-7-13)14-9-12(24)5-8-15(14)25-19(18)20(22)27/h3-10H,1-2H3. The largest absolute Gasteiger partial charge is 0.291 e. The number of ketones is 1. The van der Waals surface area contributed by atoms with Gasteiger partial charge in [-0.25, -0.2) is 4.98 Å². The Balaban J connectivity index is 1.88. The van der Waals surface area contributed by atoms with E-state index in [4.69, 9.17) is 0 Å². The van der Waals surface area contributed by atoms with E-state index in [1.165, 1.54) is 0 Å². The summed E-state index contributed by atoms with van der Waals surface area (Å²) < 4.78 is 1.80. The Morgan fingerprint density at radius 1 is 0.929 bits per heavy atom. The number of nitrogens with zero attached hydrogens (tertiary/aromatic N) is 2. The number of allylic oxidation sites excluding steroid dienone is 1. The van der Waals surface area contributed by atoms with Crippen LogP contribution in [0.4, 0.5) is 5.69 Å². The first kappa shape index (κ1) is 17.8. The summed E-state index contributed by atoms with van der Waals surface area (Å²) in [6, 6.07) is 13.2. The van der Waals surface area contributed by atoms with Crippen LogP contribution in [0.15, 0.2) is 57.5 Å². The van der Waals surface area contributed by atoms with Crippen LogP contribution in [0.5, 0.6) is 0 Å². The van der Waals surface area contributed by atoms with E-state index in [1.54, 1.807) is 4.90 Å². The van der Waals surface area contributed by atoms with Crippen molar-refractivity contribution in [3.63, 3.8) is 0 Å². The maximum atomic E-state index is 13.6. The second kappa shape index (κ2) is 5.84. The average molecular weight is 498 g/mol. The monoisotopic (exact) mass is 496 g/mol. The van der Waals surface area contributed by atoms with Gasteiger partial charge < -0.3 is 0 Å². The van der Waals surface area contributed by atoms with Crippen LogP contribution in [0, 0.1) is 5.41 Å². The second-order valence-corrected chi connectivity index (χ2v) is 9.40. The minimum atomic E-state index is -0.742. The van der Waals surface area contributed by atoms with Crippen molar-refractivity contribution >= 4 is 65.8 Å². The van der Waals surface area contributed by atoms with E-state index in [1.807, 2.05) is 62.4 Å². The van der Waals surface area contributed by atoms with Crippen molar-refractivity contribution in [1.82, 2.24) is 4.98 Å². The Bertz CT molecular complexity index is 1240. The number of amides is 1. The molecule has 1 aromatic heterocycles. The fraction of sp³-hybridized carbons (Fsp3) is 0.136. The third kappa shape index (κ3) is 2.37. The normalized spacial score (nSPS) is 17.1. The van der Waals surface area contributed by atoms with Crippen LogP contribution in [-0.2, 0) is 0 Å². The molecule has 0 unspecified atom stereocenters. The minimum Gasteiger partial charge on any atom is -0.291 e. The van der Waals surface area contributed by atoms with Crippen LogP contribution in [0.25, 0.3) is 16.6 Å². The molecular weight excluding hydrogens is 484 g/mol. The molecule has 1 aliphatic heterocycles. The van der Waals surface area contributed by atoms with Gasteiger partial charge in [0.2, 0.25) is 0 Å². The van der Waals surface area contributed by atoms with Gasteiger partial charge >= 0.3 is 0 Å². The molecule has 1 amide bonds. The number of halogens is 2. The lowest BCUT2D eigenvalue weighted by Gasteiger charge is -2.28. The molecule has 0 saturated carbocycles. The first-order valence-electron chi connectivity index (χ1n) is 8.79. The molecule has 1 aliphatic carbocycles. The Hall–Kier alpha value is -2.31. The van der Waals surface area contributed by atoms with Gasteiger partial charge in [0.25, 0.3) is 5.91 Å². The van der Waals surface area contributed by atoms with Crippen LogP contribution in [0.2, 0.25) is 0 Å². The second-order valence-electron chi connectivity index (χ2n) is 7.57. The number of benzene rings is 2. The number of carbonyl (C=O) groups excluding carboxylic acids is 2. The fourth-order valence-electron chi connectivity index (χ4n) is 3.90. The molecule has 5 rings (SSSR count). The van der Waals surface area contributed by atoms with Crippen molar-refractivity contribution in [3.8, 4) is 0 Å². The molecule has 2 aliphatic rings. The number of anilines is 1. The van der Waals surface area contributed by atoms with Crippen molar-refractivity contribution in [2.45, 2.75) is 13.8 Å².